The summed E-state index contributed by atoms with van der Waals surface area (Å²) < 4.78 is 10.3. The van der Waals surface area contributed by atoms with Gasteiger partial charge in [0, 0.05) is 24.5 Å². The molecule has 9 nitrogen and oxygen atoms in total. The highest BCUT2D eigenvalue weighted by atomic mass is 16.6. The van der Waals surface area contributed by atoms with E-state index in [1.165, 1.54) is 13.2 Å². The van der Waals surface area contributed by atoms with Crippen LogP contribution in [0.4, 0.5) is 11.4 Å². The van der Waals surface area contributed by atoms with Crippen molar-refractivity contribution in [2.45, 2.75) is 39.7 Å². The lowest BCUT2D eigenvalue weighted by Gasteiger charge is -2.30. The molecule has 0 bridgehead atoms. The molecule has 0 fully saturated rings. The van der Waals surface area contributed by atoms with Gasteiger partial charge in [0.05, 0.1) is 35.2 Å². The number of methoxy groups -OCH3 is 1. The summed E-state index contributed by atoms with van der Waals surface area (Å²) in [5.41, 5.74) is 1.97. The van der Waals surface area contributed by atoms with E-state index in [0.717, 1.165) is 0 Å². The van der Waals surface area contributed by atoms with Crippen LogP contribution in [0.25, 0.3) is 0 Å². The van der Waals surface area contributed by atoms with Crippen molar-refractivity contribution in [2.24, 2.45) is 0 Å². The molecule has 1 aliphatic heterocycles. The van der Waals surface area contributed by atoms with E-state index < -0.39 is 22.8 Å². The van der Waals surface area contributed by atoms with Crippen molar-refractivity contribution in [3.05, 3.63) is 56.4 Å². The number of allylic oxidation sites excluding steroid dienone is 2. The number of anilines is 1. The Morgan fingerprint density at radius 3 is 2.24 bits per heavy atom. The maximum absolute atomic E-state index is 12.9. The number of hydrogen-bond acceptors (Lipinski definition) is 8. The predicted octanol–water partition coefficient (Wildman–Crippen LogP) is 3.00. The van der Waals surface area contributed by atoms with E-state index in [9.17, 15) is 19.7 Å². The molecule has 1 aromatic carbocycles. The van der Waals surface area contributed by atoms with E-state index in [1.54, 1.807) is 46.9 Å². The summed E-state index contributed by atoms with van der Waals surface area (Å²) in [7, 11) is 2.81. The molecule has 1 heterocycles. The summed E-state index contributed by atoms with van der Waals surface area (Å²) in [5, 5.41) is 17.3. The quantitative estimate of drug-likeness (QED) is 0.423. The first-order valence-corrected chi connectivity index (χ1v) is 9.06. The van der Waals surface area contributed by atoms with Gasteiger partial charge in [0.1, 0.15) is 5.69 Å². The summed E-state index contributed by atoms with van der Waals surface area (Å²) in [6.45, 7) is 6.81. The van der Waals surface area contributed by atoms with Gasteiger partial charge in [-0.1, -0.05) is 6.07 Å². The molecule has 0 amide bonds. The van der Waals surface area contributed by atoms with E-state index in [1.807, 2.05) is 0 Å². The standard InChI is InChI=1S/C20H25N3O6/c1-10(2)29-20(25)17-12(4)22-11(3)16(19(24)28-6)18(17)13-7-8-14(21-5)15(9-13)23(26)27/h7-10,18,21-22H,1-6H3/t18-/m0/s1. The first-order chi connectivity index (χ1) is 13.6. The largest absolute Gasteiger partial charge is 0.466 e. The van der Waals surface area contributed by atoms with Gasteiger partial charge in [0.15, 0.2) is 0 Å². The lowest BCUT2D eigenvalue weighted by molar-refractivity contribution is -0.384. The van der Waals surface area contributed by atoms with Gasteiger partial charge < -0.3 is 20.1 Å². The summed E-state index contributed by atoms with van der Waals surface area (Å²) in [6, 6.07) is 4.54. The van der Waals surface area contributed by atoms with Crippen molar-refractivity contribution in [3.8, 4) is 0 Å². The van der Waals surface area contributed by atoms with Gasteiger partial charge in [-0.3, -0.25) is 10.1 Å². The Hall–Kier alpha value is -3.36. The molecule has 0 saturated heterocycles. The Balaban J connectivity index is 2.75. The van der Waals surface area contributed by atoms with Crippen LogP contribution in [0.3, 0.4) is 0 Å². The monoisotopic (exact) mass is 403 g/mol. The predicted molar refractivity (Wildman–Crippen MR) is 107 cm³/mol. The number of benzene rings is 1. The van der Waals surface area contributed by atoms with E-state index in [-0.39, 0.29) is 22.9 Å². The molecule has 9 heteroatoms. The number of nitro benzene ring substituents is 1. The van der Waals surface area contributed by atoms with Crippen LogP contribution in [0.2, 0.25) is 0 Å². The second-order valence-electron chi connectivity index (χ2n) is 6.86. The van der Waals surface area contributed by atoms with E-state index in [4.69, 9.17) is 9.47 Å². The molecule has 2 rings (SSSR count). The fourth-order valence-corrected chi connectivity index (χ4v) is 3.35. The molecule has 0 aromatic heterocycles. The Morgan fingerprint density at radius 2 is 1.76 bits per heavy atom. The number of carbonyl (C=O) groups is 2. The number of hydrogen-bond donors (Lipinski definition) is 2. The minimum atomic E-state index is -0.875. The number of dihydropyridines is 1. The molecule has 156 valence electrons. The summed E-state index contributed by atoms with van der Waals surface area (Å²) in [6.07, 6.45) is -0.377. The van der Waals surface area contributed by atoms with Gasteiger partial charge in [-0.15, -0.1) is 0 Å². The zero-order chi connectivity index (χ0) is 21.9. The van der Waals surface area contributed by atoms with Crippen LogP contribution in [0.5, 0.6) is 0 Å². The van der Waals surface area contributed by atoms with Crippen LogP contribution in [-0.2, 0) is 19.1 Å². The summed E-state index contributed by atoms with van der Waals surface area (Å²) in [4.78, 5) is 36.4. The van der Waals surface area contributed by atoms with Crippen molar-refractivity contribution in [1.82, 2.24) is 5.32 Å². The maximum Gasteiger partial charge on any atom is 0.337 e. The van der Waals surface area contributed by atoms with Gasteiger partial charge in [0.2, 0.25) is 0 Å². The van der Waals surface area contributed by atoms with Gasteiger partial charge in [-0.2, -0.15) is 0 Å². The fraction of sp³-hybridized carbons (Fsp3) is 0.400. The zero-order valence-electron chi connectivity index (χ0n) is 17.3. The third-order valence-corrected chi connectivity index (χ3v) is 4.55. The SMILES string of the molecule is CNc1ccc([C@H]2C(C(=O)OC)=C(C)NC(C)=C2C(=O)OC(C)C)cc1[N+](=O)[O-]. The molecular weight excluding hydrogens is 378 g/mol. The Bertz CT molecular complexity index is 917. The molecule has 0 radical (unpaired) electrons. The second kappa shape index (κ2) is 8.76. The number of nitrogens with zero attached hydrogens (tertiary/aromatic N) is 1. The smallest absolute Gasteiger partial charge is 0.337 e. The Kier molecular flexibility index (Phi) is 6.63. The molecule has 1 aromatic rings. The molecule has 1 atom stereocenters. The summed E-state index contributed by atoms with van der Waals surface area (Å²) in [5.74, 6) is -2.12. The molecule has 0 aliphatic carbocycles. The van der Waals surface area contributed by atoms with Gasteiger partial charge in [-0.25, -0.2) is 9.59 Å². The first kappa shape index (κ1) is 21.9. The van der Waals surface area contributed by atoms with Crippen molar-refractivity contribution < 1.29 is 24.0 Å². The molecule has 0 spiro atoms. The minimum Gasteiger partial charge on any atom is -0.466 e. The normalized spacial score (nSPS) is 16.4. The number of rotatable bonds is 6. The van der Waals surface area contributed by atoms with Gasteiger partial charge in [-0.05, 0) is 39.3 Å². The lowest BCUT2D eigenvalue weighted by Crippen LogP contribution is -2.33. The zero-order valence-corrected chi connectivity index (χ0v) is 17.3. The number of ether oxygens (including phenoxy) is 2. The second-order valence-corrected chi connectivity index (χ2v) is 6.86. The Labute approximate surface area is 168 Å². The highest BCUT2D eigenvalue weighted by molar-refractivity contribution is 6.00. The fourth-order valence-electron chi connectivity index (χ4n) is 3.35. The third kappa shape index (κ3) is 4.39. The third-order valence-electron chi connectivity index (χ3n) is 4.55. The van der Waals surface area contributed by atoms with Crippen molar-refractivity contribution in [1.29, 1.82) is 0 Å². The van der Waals surface area contributed by atoms with Crippen molar-refractivity contribution >= 4 is 23.3 Å². The average Bonchev–Trinajstić information content (AvgIpc) is 2.65. The molecule has 0 saturated carbocycles. The maximum atomic E-state index is 12.9. The van der Waals surface area contributed by atoms with Crippen LogP contribution in [0, 0.1) is 10.1 Å². The number of esters is 2. The highest BCUT2D eigenvalue weighted by Gasteiger charge is 2.38. The van der Waals surface area contributed by atoms with E-state index >= 15 is 0 Å². The number of nitrogens with one attached hydrogen (secondary N) is 2. The molecule has 1 aliphatic rings. The average molecular weight is 403 g/mol. The van der Waals surface area contributed by atoms with Crippen LogP contribution in [-0.4, -0.2) is 37.1 Å². The van der Waals surface area contributed by atoms with Crippen molar-refractivity contribution in [2.75, 3.05) is 19.5 Å². The van der Waals surface area contributed by atoms with Crippen molar-refractivity contribution in [3.63, 3.8) is 0 Å². The molecular formula is C20H25N3O6. The lowest BCUT2D eigenvalue weighted by atomic mass is 9.80. The van der Waals surface area contributed by atoms with E-state index in [0.29, 0.717) is 22.6 Å². The Morgan fingerprint density at radius 1 is 1.17 bits per heavy atom. The highest BCUT2D eigenvalue weighted by Crippen LogP contribution is 2.41. The van der Waals surface area contributed by atoms with Gasteiger partial charge in [0.25, 0.3) is 5.69 Å². The molecule has 0 unspecified atom stereocenters. The van der Waals surface area contributed by atoms with Crippen LogP contribution >= 0.6 is 0 Å². The van der Waals surface area contributed by atoms with Crippen LogP contribution in [0.1, 0.15) is 39.2 Å². The topological polar surface area (TPSA) is 120 Å². The van der Waals surface area contributed by atoms with Crippen LogP contribution in [0.15, 0.2) is 40.7 Å². The molecule has 29 heavy (non-hydrogen) atoms. The summed E-state index contributed by atoms with van der Waals surface area (Å²) >= 11 is 0. The van der Waals surface area contributed by atoms with Crippen LogP contribution < -0.4 is 10.6 Å². The molecule has 2 N–H and O–H groups in total. The minimum absolute atomic E-state index is 0.167. The number of nitro groups is 1. The first-order valence-electron chi connectivity index (χ1n) is 9.06. The number of carbonyl (C=O) groups excluding carboxylic acids is 2. The van der Waals surface area contributed by atoms with E-state index in [2.05, 4.69) is 10.6 Å². The van der Waals surface area contributed by atoms with Gasteiger partial charge >= 0.3 is 11.9 Å².